The van der Waals surface area contributed by atoms with E-state index in [1.54, 1.807) is 0 Å². The van der Waals surface area contributed by atoms with Gasteiger partial charge in [0.05, 0.1) is 0 Å². The Kier molecular flexibility index (Phi) is 6.37. The Morgan fingerprint density at radius 3 is 2.62 bits per heavy atom. The highest BCUT2D eigenvalue weighted by Crippen LogP contribution is 2.24. The lowest BCUT2D eigenvalue weighted by Gasteiger charge is -2.40. The maximum atomic E-state index is 12.2. The van der Waals surface area contributed by atoms with Gasteiger partial charge < -0.3 is 10.4 Å². The van der Waals surface area contributed by atoms with Gasteiger partial charge in [0.2, 0.25) is 5.91 Å². The molecule has 1 aromatic carbocycles. The van der Waals surface area contributed by atoms with Gasteiger partial charge in [0.25, 0.3) is 0 Å². The standard InChI is InChI=1S/C19H28N2O3/c1-15(2)9-10-17(22)20-19(18(23)24)11-6-12-21(14-19)13-16-7-4-3-5-8-16/h3-5,7-8,15H,6,9-14H2,1-2H3,(H,20,22)(H,23,24). The van der Waals surface area contributed by atoms with Crippen molar-refractivity contribution in [1.82, 2.24) is 10.2 Å². The zero-order chi connectivity index (χ0) is 17.6. The summed E-state index contributed by atoms with van der Waals surface area (Å²) in [5.41, 5.74) is -0.00834. The highest BCUT2D eigenvalue weighted by molar-refractivity contribution is 5.87. The summed E-state index contributed by atoms with van der Waals surface area (Å²) in [6.45, 7) is 6.03. The van der Waals surface area contributed by atoms with Crippen LogP contribution in [0.1, 0.15) is 45.1 Å². The van der Waals surface area contributed by atoms with Gasteiger partial charge in [0.1, 0.15) is 0 Å². The first-order valence-electron chi connectivity index (χ1n) is 8.72. The first kappa shape index (κ1) is 18.5. The lowest BCUT2D eigenvalue weighted by Crippen LogP contribution is -2.63. The van der Waals surface area contributed by atoms with Gasteiger partial charge >= 0.3 is 5.97 Å². The maximum absolute atomic E-state index is 12.2. The van der Waals surface area contributed by atoms with Gasteiger partial charge in [0.15, 0.2) is 5.54 Å². The number of nitrogens with one attached hydrogen (secondary N) is 1. The Labute approximate surface area is 144 Å². The minimum Gasteiger partial charge on any atom is -0.479 e. The number of hydrogen-bond donors (Lipinski definition) is 2. The molecule has 0 saturated carbocycles. The van der Waals surface area contributed by atoms with E-state index >= 15 is 0 Å². The van der Waals surface area contributed by atoms with Crippen molar-refractivity contribution in [3.63, 3.8) is 0 Å². The molecule has 1 heterocycles. The van der Waals surface area contributed by atoms with Gasteiger partial charge in [-0.05, 0) is 37.3 Å². The number of benzene rings is 1. The van der Waals surface area contributed by atoms with Crippen LogP contribution >= 0.6 is 0 Å². The highest BCUT2D eigenvalue weighted by atomic mass is 16.4. The number of carboxylic acids is 1. The molecule has 1 unspecified atom stereocenters. The summed E-state index contributed by atoms with van der Waals surface area (Å²) in [7, 11) is 0. The summed E-state index contributed by atoms with van der Waals surface area (Å²) in [6, 6.07) is 10.0. The highest BCUT2D eigenvalue weighted by Gasteiger charge is 2.43. The molecule has 1 aliphatic rings. The van der Waals surface area contributed by atoms with E-state index in [0.717, 1.165) is 24.9 Å². The van der Waals surface area contributed by atoms with E-state index in [1.165, 1.54) is 0 Å². The third-order valence-electron chi connectivity index (χ3n) is 4.56. The summed E-state index contributed by atoms with van der Waals surface area (Å²) >= 11 is 0. The van der Waals surface area contributed by atoms with Crippen molar-refractivity contribution in [2.24, 2.45) is 5.92 Å². The third kappa shape index (κ3) is 5.06. The van der Waals surface area contributed by atoms with Crippen LogP contribution < -0.4 is 5.32 Å². The Balaban J connectivity index is 2.02. The average Bonchev–Trinajstić information content (AvgIpc) is 2.54. The smallest absolute Gasteiger partial charge is 0.330 e. The van der Waals surface area contributed by atoms with Crippen LogP contribution in [0.15, 0.2) is 30.3 Å². The van der Waals surface area contributed by atoms with Gasteiger partial charge in [-0.3, -0.25) is 9.69 Å². The van der Waals surface area contributed by atoms with E-state index in [9.17, 15) is 14.7 Å². The molecular weight excluding hydrogens is 304 g/mol. The molecule has 1 aliphatic heterocycles. The lowest BCUT2D eigenvalue weighted by atomic mass is 9.88. The number of nitrogens with zero attached hydrogens (tertiary/aromatic N) is 1. The number of hydrogen-bond acceptors (Lipinski definition) is 3. The molecule has 1 aromatic rings. The predicted octanol–water partition coefficient (Wildman–Crippen LogP) is 2.66. The van der Waals surface area contributed by atoms with Gasteiger partial charge in [-0.25, -0.2) is 4.79 Å². The van der Waals surface area contributed by atoms with Crippen molar-refractivity contribution in [1.29, 1.82) is 0 Å². The Morgan fingerprint density at radius 2 is 2.00 bits per heavy atom. The summed E-state index contributed by atoms with van der Waals surface area (Å²) in [6.07, 6.45) is 2.41. The summed E-state index contributed by atoms with van der Waals surface area (Å²) < 4.78 is 0. The number of likely N-dealkylation sites (tertiary alicyclic amines) is 1. The fourth-order valence-corrected chi connectivity index (χ4v) is 3.20. The zero-order valence-corrected chi connectivity index (χ0v) is 14.6. The van der Waals surface area contributed by atoms with Crippen molar-refractivity contribution in [3.05, 3.63) is 35.9 Å². The molecule has 0 aliphatic carbocycles. The van der Waals surface area contributed by atoms with E-state index in [-0.39, 0.29) is 5.91 Å². The van der Waals surface area contributed by atoms with E-state index < -0.39 is 11.5 Å². The van der Waals surface area contributed by atoms with Crippen LogP contribution in [0.25, 0.3) is 0 Å². The van der Waals surface area contributed by atoms with Crippen LogP contribution in [0.5, 0.6) is 0 Å². The van der Waals surface area contributed by atoms with Gasteiger partial charge in [0, 0.05) is 19.5 Å². The van der Waals surface area contributed by atoms with Crippen molar-refractivity contribution in [2.75, 3.05) is 13.1 Å². The molecule has 2 N–H and O–H groups in total. The van der Waals surface area contributed by atoms with Crippen LogP contribution in [-0.4, -0.2) is 40.5 Å². The molecule has 0 bridgehead atoms. The average molecular weight is 332 g/mol. The Hall–Kier alpha value is -1.88. The maximum Gasteiger partial charge on any atom is 0.330 e. The number of piperidine rings is 1. The SMILES string of the molecule is CC(C)CCC(=O)NC1(C(=O)O)CCCN(Cc2ccccc2)C1. The number of aliphatic carboxylic acids is 1. The second-order valence-electron chi connectivity index (χ2n) is 7.17. The molecule has 0 radical (unpaired) electrons. The van der Waals surface area contributed by atoms with Crippen LogP contribution in [0.2, 0.25) is 0 Å². The molecule has 1 amide bonds. The summed E-state index contributed by atoms with van der Waals surface area (Å²) in [5, 5.41) is 12.6. The Morgan fingerprint density at radius 1 is 1.29 bits per heavy atom. The summed E-state index contributed by atoms with van der Waals surface area (Å²) in [4.78, 5) is 26.2. The molecule has 1 fully saturated rings. The topological polar surface area (TPSA) is 69.6 Å². The van der Waals surface area contributed by atoms with Crippen LogP contribution in [-0.2, 0) is 16.1 Å². The lowest BCUT2D eigenvalue weighted by molar-refractivity contribution is -0.150. The molecule has 1 atom stereocenters. The molecular formula is C19H28N2O3. The van der Waals surface area contributed by atoms with E-state index in [0.29, 0.717) is 31.8 Å². The fraction of sp³-hybridized carbons (Fsp3) is 0.579. The largest absolute Gasteiger partial charge is 0.479 e. The van der Waals surface area contributed by atoms with Crippen molar-refractivity contribution >= 4 is 11.9 Å². The fourth-order valence-electron chi connectivity index (χ4n) is 3.20. The number of amides is 1. The predicted molar refractivity (Wildman–Crippen MR) is 93.5 cm³/mol. The second kappa shape index (κ2) is 8.29. The van der Waals surface area contributed by atoms with E-state index in [4.69, 9.17) is 0 Å². The molecule has 1 saturated heterocycles. The normalized spacial score (nSPS) is 21.6. The Bertz CT molecular complexity index is 559. The van der Waals surface area contributed by atoms with Crippen molar-refractivity contribution in [2.45, 2.75) is 51.6 Å². The third-order valence-corrected chi connectivity index (χ3v) is 4.56. The van der Waals surface area contributed by atoms with Crippen molar-refractivity contribution in [3.8, 4) is 0 Å². The van der Waals surface area contributed by atoms with Crippen molar-refractivity contribution < 1.29 is 14.7 Å². The number of carbonyl (C=O) groups is 2. The molecule has 5 nitrogen and oxygen atoms in total. The molecule has 2 rings (SSSR count). The number of rotatable bonds is 7. The summed E-state index contributed by atoms with van der Waals surface area (Å²) in [5.74, 6) is -0.664. The second-order valence-corrected chi connectivity index (χ2v) is 7.17. The molecule has 5 heteroatoms. The van der Waals surface area contributed by atoms with Gasteiger partial charge in [-0.15, -0.1) is 0 Å². The van der Waals surface area contributed by atoms with Gasteiger partial charge in [-0.2, -0.15) is 0 Å². The minimum absolute atomic E-state index is 0.160. The minimum atomic E-state index is -1.17. The quantitative estimate of drug-likeness (QED) is 0.805. The first-order chi connectivity index (χ1) is 11.4. The molecule has 132 valence electrons. The number of carboxylic acid groups (broad SMARTS) is 1. The van der Waals surface area contributed by atoms with Crippen LogP contribution in [0.3, 0.4) is 0 Å². The van der Waals surface area contributed by atoms with E-state index in [1.807, 2.05) is 30.3 Å². The zero-order valence-electron chi connectivity index (χ0n) is 14.6. The van der Waals surface area contributed by atoms with Gasteiger partial charge in [-0.1, -0.05) is 44.2 Å². The monoisotopic (exact) mass is 332 g/mol. The first-order valence-corrected chi connectivity index (χ1v) is 8.72. The van der Waals surface area contributed by atoms with E-state index in [2.05, 4.69) is 24.1 Å². The molecule has 24 heavy (non-hydrogen) atoms. The van der Waals surface area contributed by atoms with Crippen LogP contribution in [0, 0.1) is 5.92 Å². The molecule has 0 aromatic heterocycles. The molecule has 0 spiro atoms. The number of carbonyl (C=O) groups excluding carboxylic acids is 1. The van der Waals surface area contributed by atoms with Crippen LogP contribution in [0.4, 0.5) is 0 Å².